The fraction of sp³-hybridized carbons (Fsp3) is 0.385. The van der Waals surface area contributed by atoms with Gasteiger partial charge in [-0.25, -0.2) is 0 Å². The quantitative estimate of drug-likeness (QED) is 0.480. The molecule has 7 nitrogen and oxygen atoms in total. The minimum absolute atomic E-state index is 0.107. The molecule has 0 radical (unpaired) electrons. The van der Waals surface area contributed by atoms with Crippen LogP contribution in [0.2, 0.25) is 5.02 Å². The van der Waals surface area contributed by atoms with Crippen LogP contribution in [0.3, 0.4) is 0 Å². The van der Waals surface area contributed by atoms with E-state index in [-0.39, 0.29) is 16.6 Å². The lowest BCUT2D eigenvalue weighted by Crippen LogP contribution is -2.14. The Bertz CT molecular complexity index is 630. The topological polar surface area (TPSA) is 94.1 Å². The lowest BCUT2D eigenvalue weighted by Gasteiger charge is -1.98. The second kappa shape index (κ2) is 7.14. The van der Waals surface area contributed by atoms with Crippen molar-refractivity contribution in [3.05, 3.63) is 39.2 Å². The Labute approximate surface area is 126 Å². The highest BCUT2D eigenvalue weighted by Crippen LogP contribution is 2.27. The molecule has 8 heteroatoms. The molecule has 0 amide bonds. The Morgan fingerprint density at radius 2 is 2.19 bits per heavy atom. The standard InChI is InChI=1S/C13H15ClN4O3/c1-2-15-5-3-4-12-16-17-13(21-12)9-6-10(14)8-11(7-9)18(19)20/h6-8,15H,2-5H2,1H3. The molecule has 1 aromatic heterocycles. The molecule has 0 fully saturated rings. The van der Waals surface area contributed by atoms with Crippen molar-refractivity contribution in [1.82, 2.24) is 15.5 Å². The zero-order valence-corrected chi connectivity index (χ0v) is 12.3. The number of aromatic nitrogens is 2. The summed E-state index contributed by atoms with van der Waals surface area (Å²) >= 11 is 5.87. The Morgan fingerprint density at radius 3 is 2.90 bits per heavy atom. The van der Waals surface area contributed by atoms with Crippen LogP contribution in [0.4, 0.5) is 5.69 Å². The molecule has 21 heavy (non-hydrogen) atoms. The van der Waals surface area contributed by atoms with Crippen LogP contribution in [0.25, 0.3) is 11.5 Å². The van der Waals surface area contributed by atoms with Crippen molar-refractivity contribution in [2.45, 2.75) is 19.8 Å². The largest absolute Gasteiger partial charge is 0.421 e. The van der Waals surface area contributed by atoms with E-state index in [9.17, 15) is 10.1 Å². The van der Waals surface area contributed by atoms with Crippen LogP contribution < -0.4 is 5.32 Å². The minimum Gasteiger partial charge on any atom is -0.421 e. The summed E-state index contributed by atoms with van der Waals surface area (Å²) in [4.78, 5) is 10.3. The van der Waals surface area contributed by atoms with Gasteiger partial charge in [0.1, 0.15) is 0 Å². The molecule has 112 valence electrons. The van der Waals surface area contributed by atoms with E-state index in [1.54, 1.807) is 6.07 Å². The molecular weight excluding hydrogens is 296 g/mol. The molecule has 1 N–H and O–H groups in total. The van der Waals surface area contributed by atoms with Crippen molar-refractivity contribution in [1.29, 1.82) is 0 Å². The molecule has 0 aliphatic carbocycles. The minimum atomic E-state index is -0.511. The maximum absolute atomic E-state index is 10.8. The fourth-order valence-corrected chi connectivity index (χ4v) is 2.05. The zero-order chi connectivity index (χ0) is 15.2. The molecule has 2 aromatic rings. The smallest absolute Gasteiger partial charge is 0.271 e. The molecule has 0 saturated carbocycles. The van der Waals surface area contributed by atoms with Crippen LogP contribution in [0.1, 0.15) is 19.2 Å². The molecular formula is C13H15ClN4O3. The van der Waals surface area contributed by atoms with E-state index >= 15 is 0 Å². The molecule has 0 saturated heterocycles. The zero-order valence-electron chi connectivity index (χ0n) is 11.5. The SMILES string of the molecule is CCNCCCc1nnc(-c2cc(Cl)cc([N+](=O)[O-])c2)o1. The van der Waals surface area contributed by atoms with Crippen LogP contribution in [0.15, 0.2) is 22.6 Å². The normalized spacial score (nSPS) is 10.8. The van der Waals surface area contributed by atoms with Crippen molar-refractivity contribution >= 4 is 17.3 Å². The van der Waals surface area contributed by atoms with Gasteiger partial charge in [0.15, 0.2) is 0 Å². The third kappa shape index (κ3) is 4.24. The van der Waals surface area contributed by atoms with Crippen LogP contribution in [0, 0.1) is 10.1 Å². The Kier molecular flexibility index (Phi) is 5.24. The van der Waals surface area contributed by atoms with E-state index in [1.807, 2.05) is 6.92 Å². The first-order valence-corrected chi connectivity index (χ1v) is 6.96. The Morgan fingerprint density at radius 1 is 1.38 bits per heavy atom. The molecule has 1 heterocycles. The van der Waals surface area contributed by atoms with Gasteiger partial charge < -0.3 is 9.73 Å². The highest BCUT2D eigenvalue weighted by Gasteiger charge is 2.14. The number of nitro benzene ring substituents is 1. The molecule has 1 aromatic carbocycles. The second-order valence-electron chi connectivity index (χ2n) is 4.41. The monoisotopic (exact) mass is 310 g/mol. The van der Waals surface area contributed by atoms with Crippen LogP contribution >= 0.6 is 11.6 Å². The van der Waals surface area contributed by atoms with Crippen molar-refractivity contribution < 1.29 is 9.34 Å². The molecule has 0 aliphatic rings. The average molecular weight is 311 g/mol. The van der Waals surface area contributed by atoms with Gasteiger partial charge >= 0.3 is 0 Å². The first-order valence-electron chi connectivity index (χ1n) is 6.58. The van der Waals surface area contributed by atoms with Crippen LogP contribution in [-0.2, 0) is 6.42 Å². The summed E-state index contributed by atoms with van der Waals surface area (Å²) in [6.45, 7) is 3.83. The van der Waals surface area contributed by atoms with Gasteiger partial charge in [0, 0.05) is 29.1 Å². The second-order valence-corrected chi connectivity index (χ2v) is 4.85. The van der Waals surface area contributed by atoms with Gasteiger partial charge in [-0.3, -0.25) is 10.1 Å². The predicted molar refractivity (Wildman–Crippen MR) is 78.3 cm³/mol. The highest BCUT2D eigenvalue weighted by atomic mass is 35.5. The average Bonchev–Trinajstić information content (AvgIpc) is 2.92. The van der Waals surface area contributed by atoms with Gasteiger partial charge in [-0.1, -0.05) is 18.5 Å². The van der Waals surface area contributed by atoms with Crippen molar-refractivity contribution in [2.75, 3.05) is 13.1 Å². The van der Waals surface area contributed by atoms with E-state index in [2.05, 4.69) is 15.5 Å². The van der Waals surface area contributed by atoms with Crippen LogP contribution in [0.5, 0.6) is 0 Å². The molecule has 0 aliphatic heterocycles. The molecule has 0 bridgehead atoms. The summed E-state index contributed by atoms with van der Waals surface area (Å²) in [6, 6.07) is 4.20. The highest BCUT2D eigenvalue weighted by molar-refractivity contribution is 6.31. The third-order valence-electron chi connectivity index (χ3n) is 2.80. The summed E-state index contributed by atoms with van der Waals surface area (Å²) in [6.07, 6.45) is 1.54. The number of aryl methyl sites for hydroxylation is 1. The summed E-state index contributed by atoms with van der Waals surface area (Å²) in [5.41, 5.74) is 0.337. The number of nitro groups is 1. The number of hydrogen-bond donors (Lipinski definition) is 1. The van der Waals surface area contributed by atoms with Crippen molar-refractivity contribution in [3.63, 3.8) is 0 Å². The lowest BCUT2D eigenvalue weighted by atomic mass is 10.2. The van der Waals surface area contributed by atoms with Gasteiger partial charge in [0.05, 0.1) is 4.92 Å². The summed E-state index contributed by atoms with van der Waals surface area (Å²) in [5, 5.41) is 22.1. The summed E-state index contributed by atoms with van der Waals surface area (Å²) < 4.78 is 5.51. The number of nitrogens with zero attached hydrogens (tertiary/aromatic N) is 3. The number of non-ortho nitro benzene ring substituents is 1. The Balaban J connectivity index is 2.12. The van der Waals surface area contributed by atoms with E-state index in [0.717, 1.165) is 19.5 Å². The van der Waals surface area contributed by atoms with Crippen molar-refractivity contribution in [2.24, 2.45) is 0 Å². The van der Waals surface area contributed by atoms with E-state index in [1.165, 1.54) is 12.1 Å². The van der Waals surface area contributed by atoms with Gasteiger partial charge in [0.2, 0.25) is 11.8 Å². The Hall–Kier alpha value is -1.99. The van der Waals surface area contributed by atoms with E-state index in [0.29, 0.717) is 17.9 Å². The van der Waals surface area contributed by atoms with Gasteiger partial charge in [-0.2, -0.15) is 0 Å². The summed E-state index contributed by atoms with van der Waals surface area (Å²) in [7, 11) is 0. The lowest BCUT2D eigenvalue weighted by molar-refractivity contribution is -0.384. The predicted octanol–water partition coefficient (Wildman–Crippen LogP) is 2.84. The number of nitrogens with one attached hydrogen (secondary N) is 1. The first-order chi connectivity index (χ1) is 10.1. The van der Waals surface area contributed by atoms with Gasteiger partial charge in [-0.05, 0) is 25.6 Å². The molecule has 2 rings (SSSR count). The van der Waals surface area contributed by atoms with Crippen LogP contribution in [-0.4, -0.2) is 28.2 Å². The van der Waals surface area contributed by atoms with E-state index in [4.69, 9.17) is 16.0 Å². The maximum Gasteiger partial charge on any atom is 0.271 e. The number of hydrogen-bond acceptors (Lipinski definition) is 6. The molecule has 0 unspecified atom stereocenters. The number of benzene rings is 1. The fourth-order valence-electron chi connectivity index (χ4n) is 1.82. The van der Waals surface area contributed by atoms with Gasteiger partial charge in [0.25, 0.3) is 5.69 Å². The molecule has 0 spiro atoms. The number of halogens is 1. The first kappa shape index (κ1) is 15.4. The summed E-state index contributed by atoms with van der Waals surface area (Å²) in [5.74, 6) is 0.740. The van der Waals surface area contributed by atoms with Crippen molar-refractivity contribution in [3.8, 4) is 11.5 Å². The van der Waals surface area contributed by atoms with Gasteiger partial charge in [-0.15, -0.1) is 10.2 Å². The third-order valence-corrected chi connectivity index (χ3v) is 3.02. The van der Waals surface area contributed by atoms with E-state index < -0.39 is 4.92 Å². The number of rotatable bonds is 7. The molecule has 0 atom stereocenters. The maximum atomic E-state index is 10.8.